The van der Waals surface area contributed by atoms with Crippen molar-refractivity contribution in [1.29, 1.82) is 0 Å². The fourth-order valence-electron chi connectivity index (χ4n) is 2.29. The lowest BCUT2D eigenvalue weighted by Gasteiger charge is -2.22. The van der Waals surface area contributed by atoms with Crippen LogP contribution in [-0.2, 0) is 0 Å². The zero-order valence-electron chi connectivity index (χ0n) is 12.8. The largest absolute Gasteiger partial charge is 0.385 e. The predicted molar refractivity (Wildman–Crippen MR) is 86.9 cm³/mol. The van der Waals surface area contributed by atoms with Crippen molar-refractivity contribution < 1.29 is 4.79 Å². The van der Waals surface area contributed by atoms with Crippen molar-refractivity contribution >= 4 is 17.3 Å². The van der Waals surface area contributed by atoms with E-state index in [1.54, 1.807) is 17.3 Å². The number of aromatic nitrogens is 1. The third-order valence-corrected chi connectivity index (χ3v) is 3.29. The molecule has 0 radical (unpaired) electrons. The van der Waals surface area contributed by atoms with Gasteiger partial charge in [-0.1, -0.05) is 12.1 Å². The maximum atomic E-state index is 12.8. The molecule has 2 aromatic rings. The van der Waals surface area contributed by atoms with Crippen LogP contribution in [0.25, 0.3) is 0 Å². The Morgan fingerprint density at radius 2 is 2.10 bits per heavy atom. The number of carbonyl (C=O) groups excluding carboxylic acids is 1. The summed E-state index contributed by atoms with van der Waals surface area (Å²) >= 11 is 0. The summed E-state index contributed by atoms with van der Waals surface area (Å²) < 4.78 is 0. The summed E-state index contributed by atoms with van der Waals surface area (Å²) in [6.07, 6.45) is 3.32. The highest BCUT2D eigenvalue weighted by atomic mass is 16.2. The van der Waals surface area contributed by atoms with Gasteiger partial charge in [-0.3, -0.25) is 9.78 Å². The number of hydrogen-bond acceptors (Lipinski definition) is 3. The number of anilines is 2. The second-order valence-electron chi connectivity index (χ2n) is 4.84. The third kappa shape index (κ3) is 3.40. The quantitative estimate of drug-likeness (QED) is 0.913. The maximum absolute atomic E-state index is 12.8. The number of rotatable bonds is 5. The third-order valence-electron chi connectivity index (χ3n) is 3.29. The van der Waals surface area contributed by atoms with Gasteiger partial charge in [-0.15, -0.1) is 0 Å². The molecule has 0 saturated carbocycles. The monoisotopic (exact) mass is 283 g/mol. The second-order valence-corrected chi connectivity index (χ2v) is 4.84. The van der Waals surface area contributed by atoms with Crippen molar-refractivity contribution in [1.82, 2.24) is 4.98 Å². The Morgan fingerprint density at radius 3 is 2.76 bits per heavy atom. The minimum Gasteiger partial charge on any atom is -0.385 e. The van der Waals surface area contributed by atoms with Gasteiger partial charge in [-0.25, -0.2) is 0 Å². The average molecular weight is 283 g/mol. The summed E-state index contributed by atoms with van der Waals surface area (Å²) in [6.45, 7) is 7.38. The number of pyridine rings is 1. The summed E-state index contributed by atoms with van der Waals surface area (Å²) in [6, 6.07) is 9.80. The van der Waals surface area contributed by atoms with Crippen molar-refractivity contribution in [2.45, 2.75) is 20.8 Å². The molecule has 1 aromatic heterocycles. The van der Waals surface area contributed by atoms with E-state index in [0.717, 1.165) is 23.5 Å². The average Bonchev–Trinajstić information content (AvgIpc) is 2.49. The lowest BCUT2D eigenvalue weighted by atomic mass is 10.1. The first-order chi connectivity index (χ1) is 10.2. The minimum absolute atomic E-state index is 0.0350. The molecule has 0 fully saturated rings. The van der Waals surface area contributed by atoms with Crippen LogP contribution in [0.4, 0.5) is 11.4 Å². The molecule has 0 bridgehead atoms. The van der Waals surface area contributed by atoms with Crippen LogP contribution in [0.15, 0.2) is 42.7 Å². The fourth-order valence-corrected chi connectivity index (χ4v) is 2.29. The molecule has 21 heavy (non-hydrogen) atoms. The normalized spacial score (nSPS) is 10.2. The SMILES string of the molecule is CCNc1ccncc1C(=O)N(CC)c1cccc(C)c1. The van der Waals surface area contributed by atoms with E-state index in [-0.39, 0.29) is 5.91 Å². The molecule has 0 aliphatic rings. The van der Waals surface area contributed by atoms with Gasteiger partial charge in [0, 0.05) is 31.2 Å². The van der Waals surface area contributed by atoms with Gasteiger partial charge in [0.1, 0.15) is 0 Å². The van der Waals surface area contributed by atoms with Crippen molar-refractivity contribution in [2.24, 2.45) is 0 Å². The van der Waals surface area contributed by atoms with Crippen molar-refractivity contribution in [3.05, 3.63) is 53.9 Å². The Balaban J connectivity index is 2.37. The van der Waals surface area contributed by atoms with Gasteiger partial charge in [0.05, 0.1) is 11.3 Å². The molecule has 1 N–H and O–H groups in total. The van der Waals surface area contributed by atoms with Crippen LogP contribution in [0, 0.1) is 6.92 Å². The summed E-state index contributed by atoms with van der Waals surface area (Å²) in [4.78, 5) is 18.7. The van der Waals surface area contributed by atoms with E-state index < -0.39 is 0 Å². The molecule has 0 spiro atoms. The Hall–Kier alpha value is -2.36. The number of nitrogens with zero attached hydrogens (tertiary/aromatic N) is 2. The van der Waals surface area contributed by atoms with E-state index >= 15 is 0 Å². The van der Waals surface area contributed by atoms with E-state index in [4.69, 9.17) is 0 Å². The highest BCUT2D eigenvalue weighted by Crippen LogP contribution is 2.21. The standard InChI is InChI=1S/C17H21N3O/c1-4-19-16-9-10-18-12-15(16)17(21)20(5-2)14-8-6-7-13(3)11-14/h6-12H,4-5H2,1-3H3,(H,18,19). The highest BCUT2D eigenvalue weighted by molar-refractivity contribution is 6.09. The van der Waals surface area contributed by atoms with Gasteiger partial charge >= 0.3 is 0 Å². The number of carbonyl (C=O) groups is 1. The van der Waals surface area contributed by atoms with Crippen LogP contribution in [0.5, 0.6) is 0 Å². The van der Waals surface area contributed by atoms with E-state index in [2.05, 4.69) is 10.3 Å². The molecule has 0 unspecified atom stereocenters. The molecule has 0 atom stereocenters. The van der Waals surface area contributed by atoms with E-state index in [9.17, 15) is 4.79 Å². The van der Waals surface area contributed by atoms with Crippen molar-refractivity contribution in [2.75, 3.05) is 23.3 Å². The van der Waals surface area contributed by atoms with E-state index in [1.807, 2.05) is 51.1 Å². The molecular formula is C17H21N3O. The number of hydrogen-bond donors (Lipinski definition) is 1. The van der Waals surface area contributed by atoms with Gasteiger partial charge in [-0.2, -0.15) is 0 Å². The van der Waals surface area contributed by atoms with Gasteiger partial charge in [-0.05, 0) is 44.5 Å². The smallest absolute Gasteiger partial charge is 0.261 e. The predicted octanol–water partition coefficient (Wildman–Crippen LogP) is 3.49. The molecule has 1 aromatic carbocycles. The van der Waals surface area contributed by atoms with Crippen LogP contribution in [-0.4, -0.2) is 24.0 Å². The van der Waals surface area contributed by atoms with Crippen molar-refractivity contribution in [3.8, 4) is 0 Å². The second kappa shape index (κ2) is 6.88. The molecule has 110 valence electrons. The Kier molecular flexibility index (Phi) is 4.93. The van der Waals surface area contributed by atoms with Gasteiger partial charge in [0.15, 0.2) is 0 Å². The zero-order valence-corrected chi connectivity index (χ0v) is 12.8. The Bertz CT molecular complexity index is 625. The Labute approximate surface area is 125 Å². The zero-order chi connectivity index (χ0) is 15.2. The van der Waals surface area contributed by atoms with Crippen LogP contribution in [0.3, 0.4) is 0 Å². The topological polar surface area (TPSA) is 45.2 Å². The van der Waals surface area contributed by atoms with Gasteiger partial charge in [0.2, 0.25) is 0 Å². The van der Waals surface area contributed by atoms with Crippen LogP contribution < -0.4 is 10.2 Å². The van der Waals surface area contributed by atoms with Crippen LogP contribution in [0.1, 0.15) is 29.8 Å². The molecule has 4 heteroatoms. The minimum atomic E-state index is -0.0350. The highest BCUT2D eigenvalue weighted by Gasteiger charge is 2.19. The van der Waals surface area contributed by atoms with E-state index in [1.165, 1.54) is 0 Å². The molecule has 1 heterocycles. The first-order valence-electron chi connectivity index (χ1n) is 7.23. The maximum Gasteiger partial charge on any atom is 0.261 e. The number of aryl methyl sites for hydroxylation is 1. The van der Waals surface area contributed by atoms with Crippen LogP contribution >= 0.6 is 0 Å². The van der Waals surface area contributed by atoms with Gasteiger partial charge < -0.3 is 10.2 Å². The molecule has 0 aliphatic carbocycles. The summed E-state index contributed by atoms with van der Waals surface area (Å²) in [5.41, 5.74) is 3.47. The summed E-state index contributed by atoms with van der Waals surface area (Å²) in [5.74, 6) is -0.0350. The van der Waals surface area contributed by atoms with Gasteiger partial charge in [0.25, 0.3) is 5.91 Å². The molecule has 0 saturated heterocycles. The molecule has 2 rings (SSSR count). The molecular weight excluding hydrogens is 262 g/mol. The van der Waals surface area contributed by atoms with E-state index in [0.29, 0.717) is 12.1 Å². The lowest BCUT2D eigenvalue weighted by molar-refractivity contribution is 0.0988. The molecule has 0 aliphatic heterocycles. The summed E-state index contributed by atoms with van der Waals surface area (Å²) in [5, 5.41) is 3.21. The Morgan fingerprint density at radius 1 is 1.29 bits per heavy atom. The van der Waals surface area contributed by atoms with Crippen LogP contribution in [0.2, 0.25) is 0 Å². The van der Waals surface area contributed by atoms with Crippen molar-refractivity contribution in [3.63, 3.8) is 0 Å². The first kappa shape index (κ1) is 15.0. The number of nitrogens with one attached hydrogen (secondary N) is 1. The summed E-state index contributed by atoms with van der Waals surface area (Å²) in [7, 11) is 0. The number of amides is 1. The fraction of sp³-hybridized carbons (Fsp3) is 0.294. The first-order valence-corrected chi connectivity index (χ1v) is 7.23. The molecule has 4 nitrogen and oxygen atoms in total. The number of benzene rings is 1. The molecule has 1 amide bonds. The lowest BCUT2D eigenvalue weighted by Crippen LogP contribution is -2.31.